The number of allylic oxidation sites excluding steroid dienone is 2. The molecule has 0 aliphatic carbocycles. The predicted octanol–water partition coefficient (Wildman–Crippen LogP) is 13.9. The van der Waals surface area contributed by atoms with Gasteiger partial charge in [-0.15, -0.1) is 0 Å². The molecule has 1 heterocycles. The summed E-state index contributed by atoms with van der Waals surface area (Å²) in [6, 6.07) is 58.6. The Bertz CT molecular complexity index is 2700. The van der Waals surface area contributed by atoms with Crippen LogP contribution >= 0.6 is 0 Å². The molecule has 0 radical (unpaired) electrons. The first-order chi connectivity index (χ1) is 24.6. The maximum Gasteiger partial charge on any atom is 0.143 e. The van der Waals surface area contributed by atoms with E-state index in [-0.39, 0.29) is 0 Å². The first-order valence-corrected chi connectivity index (χ1v) is 17.1. The fourth-order valence-electron chi connectivity index (χ4n) is 7.45. The molecule has 1 heteroatoms. The Balaban J connectivity index is 1.12. The van der Waals surface area contributed by atoms with Gasteiger partial charge in [0.25, 0.3) is 0 Å². The smallest absolute Gasteiger partial charge is 0.143 e. The number of para-hydroxylation sites is 2. The molecule has 0 fully saturated rings. The molecule has 0 saturated carbocycles. The number of rotatable bonds is 6. The highest BCUT2D eigenvalue weighted by molar-refractivity contribution is 6.21. The van der Waals surface area contributed by atoms with Gasteiger partial charge in [-0.1, -0.05) is 176 Å². The van der Waals surface area contributed by atoms with Gasteiger partial charge in [-0.2, -0.15) is 0 Å². The average molecular weight is 639 g/mol. The van der Waals surface area contributed by atoms with Crippen molar-refractivity contribution >= 4 is 55.1 Å². The zero-order chi connectivity index (χ0) is 33.6. The molecule has 9 rings (SSSR count). The van der Waals surface area contributed by atoms with Crippen LogP contribution in [0.1, 0.15) is 16.7 Å². The van der Waals surface area contributed by atoms with Crippen LogP contribution in [-0.4, -0.2) is 0 Å². The molecule has 236 valence electrons. The molecule has 0 saturated heterocycles. The largest absolute Gasteiger partial charge is 0.455 e. The van der Waals surface area contributed by atoms with E-state index in [0.717, 1.165) is 44.2 Å². The van der Waals surface area contributed by atoms with Gasteiger partial charge >= 0.3 is 0 Å². The van der Waals surface area contributed by atoms with Crippen LogP contribution in [0.3, 0.4) is 0 Å². The lowest BCUT2D eigenvalue weighted by Crippen LogP contribution is -1.91. The van der Waals surface area contributed by atoms with Crippen molar-refractivity contribution in [3.05, 3.63) is 193 Å². The van der Waals surface area contributed by atoms with Crippen LogP contribution in [0.15, 0.2) is 181 Å². The number of furan rings is 1. The molecule has 0 unspecified atom stereocenters. The zero-order valence-electron chi connectivity index (χ0n) is 27.9. The molecule has 0 aliphatic rings. The van der Waals surface area contributed by atoms with Gasteiger partial charge in [0.15, 0.2) is 0 Å². The summed E-state index contributed by atoms with van der Waals surface area (Å²) in [5, 5.41) is 7.25. The van der Waals surface area contributed by atoms with Crippen molar-refractivity contribution in [3.63, 3.8) is 0 Å². The van der Waals surface area contributed by atoms with Gasteiger partial charge in [0.2, 0.25) is 0 Å². The topological polar surface area (TPSA) is 13.1 Å². The quantitative estimate of drug-likeness (QED) is 0.130. The van der Waals surface area contributed by atoms with Gasteiger partial charge in [0, 0.05) is 16.3 Å². The zero-order valence-corrected chi connectivity index (χ0v) is 27.9. The summed E-state index contributed by atoms with van der Waals surface area (Å²) < 4.78 is 6.37. The van der Waals surface area contributed by atoms with Crippen LogP contribution in [0.4, 0.5) is 0 Å². The van der Waals surface area contributed by atoms with E-state index in [1.807, 2.05) is 12.1 Å². The van der Waals surface area contributed by atoms with Gasteiger partial charge in [0.05, 0.1) is 0 Å². The minimum Gasteiger partial charge on any atom is -0.455 e. The fourth-order valence-corrected chi connectivity index (χ4v) is 7.45. The first kappa shape index (κ1) is 29.7. The monoisotopic (exact) mass is 638 g/mol. The molecule has 50 heavy (non-hydrogen) atoms. The highest BCUT2D eigenvalue weighted by Gasteiger charge is 2.17. The van der Waals surface area contributed by atoms with Crippen LogP contribution in [-0.2, 0) is 0 Å². The Labute approximate surface area is 292 Å². The molecule has 8 aromatic carbocycles. The molecule has 0 N–H and O–H groups in total. The Morgan fingerprint density at radius 1 is 0.480 bits per heavy atom. The van der Waals surface area contributed by atoms with E-state index in [1.54, 1.807) is 0 Å². The lowest BCUT2D eigenvalue weighted by Gasteiger charge is -2.18. The molecule has 1 aromatic heterocycles. The van der Waals surface area contributed by atoms with Crippen molar-refractivity contribution in [2.45, 2.75) is 6.92 Å². The molecular formula is C49H34O. The van der Waals surface area contributed by atoms with Gasteiger partial charge in [0.1, 0.15) is 11.2 Å². The van der Waals surface area contributed by atoms with E-state index < -0.39 is 0 Å². The summed E-state index contributed by atoms with van der Waals surface area (Å²) >= 11 is 0. The Morgan fingerprint density at radius 3 is 1.60 bits per heavy atom. The van der Waals surface area contributed by atoms with Crippen LogP contribution in [0.2, 0.25) is 0 Å². The van der Waals surface area contributed by atoms with Crippen LogP contribution in [0.25, 0.3) is 88.5 Å². The van der Waals surface area contributed by atoms with Crippen molar-refractivity contribution in [2.75, 3.05) is 0 Å². The van der Waals surface area contributed by atoms with Gasteiger partial charge < -0.3 is 4.42 Å². The summed E-state index contributed by atoms with van der Waals surface area (Å²) in [5.74, 6) is 0. The SMILES string of the molecule is C=C(/C=C\c1ccccc1C)c1ccc(-c2c3ccccc3c(-c3ccc(-c4cccc5c4oc4ccccc45)cc3)c3ccccc23)cc1. The van der Waals surface area contributed by atoms with Crippen LogP contribution < -0.4 is 0 Å². The number of benzene rings is 8. The van der Waals surface area contributed by atoms with Gasteiger partial charge in [-0.25, -0.2) is 0 Å². The highest BCUT2D eigenvalue weighted by Crippen LogP contribution is 2.44. The van der Waals surface area contributed by atoms with Crippen molar-refractivity contribution in [2.24, 2.45) is 0 Å². The molecular weight excluding hydrogens is 605 g/mol. The molecule has 0 bridgehead atoms. The van der Waals surface area contributed by atoms with E-state index in [1.165, 1.54) is 54.9 Å². The Kier molecular flexibility index (Phi) is 7.25. The van der Waals surface area contributed by atoms with Crippen LogP contribution in [0.5, 0.6) is 0 Å². The normalized spacial score (nSPS) is 11.7. The van der Waals surface area contributed by atoms with Crippen molar-refractivity contribution in [3.8, 4) is 33.4 Å². The minimum absolute atomic E-state index is 0.916. The molecule has 0 atom stereocenters. The molecule has 0 amide bonds. The molecule has 0 aliphatic heterocycles. The Hall–Kier alpha value is -6.44. The lowest BCUT2D eigenvalue weighted by molar-refractivity contribution is 0.670. The van der Waals surface area contributed by atoms with E-state index in [2.05, 4.69) is 177 Å². The predicted molar refractivity (Wildman–Crippen MR) is 214 cm³/mol. The summed E-state index contributed by atoms with van der Waals surface area (Å²) in [4.78, 5) is 0. The standard InChI is InChI=1S/C49H34O/c1-32-12-3-4-13-34(32)23-22-33(2)35-24-28-37(29-25-35)47-41-15-5-7-17-43(41)48(44-18-8-6-16-42(44)47)38-30-26-36(27-31-38)39-19-11-20-45-40-14-9-10-21-46(40)50-49(39)45/h3-31H,2H2,1H3/b23-22-. The third kappa shape index (κ3) is 5.03. The van der Waals surface area contributed by atoms with Crippen molar-refractivity contribution in [1.29, 1.82) is 0 Å². The number of hydrogen-bond acceptors (Lipinski definition) is 1. The van der Waals surface area contributed by atoms with Gasteiger partial charge in [-0.05, 0) is 84.6 Å². The second-order valence-corrected chi connectivity index (χ2v) is 13.0. The first-order valence-electron chi connectivity index (χ1n) is 17.1. The van der Waals surface area contributed by atoms with E-state index in [4.69, 9.17) is 4.42 Å². The van der Waals surface area contributed by atoms with E-state index >= 15 is 0 Å². The maximum atomic E-state index is 6.37. The third-order valence-corrected chi connectivity index (χ3v) is 10.0. The van der Waals surface area contributed by atoms with Crippen molar-refractivity contribution < 1.29 is 4.42 Å². The summed E-state index contributed by atoms with van der Waals surface area (Å²) in [6.07, 6.45) is 4.26. The highest BCUT2D eigenvalue weighted by atomic mass is 16.3. The number of aryl methyl sites for hydroxylation is 1. The molecule has 9 aromatic rings. The third-order valence-electron chi connectivity index (χ3n) is 10.0. The minimum atomic E-state index is 0.916. The van der Waals surface area contributed by atoms with Gasteiger partial charge in [-0.3, -0.25) is 0 Å². The van der Waals surface area contributed by atoms with Crippen molar-refractivity contribution in [1.82, 2.24) is 0 Å². The fraction of sp³-hybridized carbons (Fsp3) is 0.0204. The molecule has 0 spiro atoms. The number of fused-ring (bicyclic) bond motifs is 5. The summed E-state index contributed by atoms with van der Waals surface area (Å²) in [6.45, 7) is 6.51. The summed E-state index contributed by atoms with van der Waals surface area (Å²) in [5.41, 5.74) is 13.5. The number of hydrogen-bond donors (Lipinski definition) is 0. The summed E-state index contributed by atoms with van der Waals surface area (Å²) in [7, 11) is 0. The van der Waals surface area contributed by atoms with Crippen LogP contribution in [0, 0.1) is 6.92 Å². The molecule has 1 nitrogen and oxygen atoms in total. The average Bonchev–Trinajstić information content (AvgIpc) is 3.56. The van der Waals surface area contributed by atoms with E-state index in [9.17, 15) is 0 Å². The maximum absolute atomic E-state index is 6.37. The second kappa shape index (κ2) is 12.2. The van der Waals surface area contributed by atoms with E-state index in [0.29, 0.717) is 0 Å². The second-order valence-electron chi connectivity index (χ2n) is 13.0. The Morgan fingerprint density at radius 2 is 0.980 bits per heavy atom. The lowest BCUT2D eigenvalue weighted by atomic mass is 9.85.